The molecule has 0 N–H and O–H groups in total. The minimum Gasteiger partial charge on any atom is -0.118 e. The van der Waals surface area contributed by atoms with Gasteiger partial charge in [0, 0.05) is 10.1 Å². The summed E-state index contributed by atoms with van der Waals surface area (Å²) in [6, 6.07) is 10.5. The van der Waals surface area contributed by atoms with E-state index in [2.05, 4.69) is 49.9 Å². The Bertz CT molecular complexity index is 287. The summed E-state index contributed by atoms with van der Waals surface area (Å²) < 4.78 is 0. The molecule has 0 saturated carbocycles. The van der Waals surface area contributed by atoms with Crippen molar-refractivity contribution >= 4 is 11.8 Å². The average molecular weight is 204 g/mol. The Morgan fingerprint density at radius 1 is 1.36 bits per heavy atom. The minimum absolute atomic E-state index is 0.514. The van der Waals surface area contributed by atoms with Gasteiger partial charge in [-0.05, 0) is 25.5 Å². The third kappa shape index (κ3) is 3.84. The van der Waals surface area contributed by atoms with Gasteiger partial charge in [-0.2, -0.15) is 0 Å². The van der Waals surface area contributed by atoms with Gasteiger partial charge in [-0.3, -0.25) is 0 Å². The largest absolute Gasteiger partial charge is 0.118 e. The second kappa shape index (κ2) is 6.50. The molecule has 0 aliphatic rings. The van der Waals surface area contributed by atoms with Gasteiger partial charge in [0.2, 0.25) is 0 Å². The van der Waals surface area contributed by atoms with Crippen molar-refractivity contribution < 1.29 is 0 Å². The molecule has 0 fully saturated rings. The van der Waals surface area contributed by atoms with Crippen LogP contribution in [-0.2, 0) is 0 Å². The first-order chi connectivity index (χ1) is 6.86. The smallest absolute Gasteiger partial charge is 0.0308 e. The van der Waals surface area contributed by atoms with Crippen LogP contribution in [0.15, 0.2) is 60.0 Å². The first kappa shape index (κ1) is 11.1. The van der Waals surface area contributed by atoms with Crippen LogP contribution in [0.1, 0.15) is 13.3 Å². The van der Waals surface area contributed by atoms with Gasteiger partial charge in [-0.15, -0.1) is 18.3 Å². The maximum atomic E-state index is 3.78. The van der Waals surface area contributed by atoms with Gasteiger partial charge in [-0.25, -0.2) is 0 Å². The summed E-state index contributed by atoms with van der Waals surface area (Å²) in [5, 5.41) is 0.514. The van der Waals surface area contributed by atoms with Crippen LogP contribution < -0.4 is 0 Å². The summed E-state index contributed by atoms with van der Waals surface area (Å²) in [5.41, 5.74) is 0. The summed E-state index contributed by atoms with van der Waals surface area (Å²) in [7, 11) is 0. The van der Waals surface area contributed by atoms with E-state index < -0.39 is 0 Å². The molecule has 0 aliphatic heterocycles. The molecule has 1 heteroatoms. The van der Waals surface area contributed by atoms with E-state index in [1.54, 1.807) is 0 Å². The molecular formula is C13H16S. The molecule has 1 unspecified atom stereocenters. The second-order valence-corrected chi connectivity index (χ2v) is 4.33. The summed E-state index contributed by atoms with van der Waals surface area (Å²) in [6.45, 7) is 5.83. The number of allylic oxidation sites excluding steroid dienone is 2. The first-order valence-corrected chi connectivity index (χ1v) is 5.70. The van der Waals surface area contributed by atoms with Crippen molar-refractivity contribution in [2.75, 3.05) is 0 Å². The zero-order valence-corrected chi connectivity index (χ0v) is 9.34. The van der Waals surface area contributed by atoms with E-state index in [-0.39, 0.29) is 0 Å². The Morgan fingerprint density at radius 2 is 2.07 bits per heavy atom. The van der Waals surface area contributed by atoms with Crippen LogP contribution in [-0.4, -0.2) is 5.25 Å². The fourth-order valence-corrected chi connectivity index (χ4v) is 2.35. The summed E-state index contributed by atoms with van der Waals surface area (Å²) in [6.07, 6.45) is 7.31. The van der Waals surface area contributed by atoms with Crippen molar-refractivity contribution in [2.24, 2.45) is 0 Å². The molecule has 1 atom stereocenters. The first-order valence-electron chi connectivity index (χ1n) is 4.82. The molecule has 0 bridgehead atoms. The number of thioether (sulfide) groups is 1. The van der Waals surface area contributed by atoms with Gasteiger partial charge < -0.3 is 0 Å². The predicted molar refractivity (Wildman–Crippen MR) is 65.7 cm³/mol. The highest BCUT2D eigenvalue weighted by Crippen LogP contribution is 2.26. The highest BCUT2D eigenvalue weighted by Gasteiger charge is 2.03. The maximum absolute atomic E-state index is 3.78. The normalized spacial score (nSPS) is 12.9. The molecule has 0 aromatic heterocycles. The highest BCUT2D eigenvalue weighted by atomic mass is 32.2. The van der Waals surface area contributed by atoms with Gasteiger partial charge in [0.05, 0.1) is 0 Å². The Morgan fingerprint density at radius 3 is 2.64 bits per heavy atom. The fourth-order valence-electron chi connectivity index (χ4n) is 1.22. The molecule has 0 amide bonds. The zero-order chi connectivity index (χ0) is 10.2. The average Bonchev–Trinajstić information content (AvgIpc) is 2.20. The van der Waals surface area contributed by atoms with E-state index >= 15 is 0 Å². The number of rotatable bonds is 5. The van der Waals surface area contributed by atoms with Crippen LogP contribution in [0.5, 0.6) is 0 Å². The molecule has 1 aromatic rings. The fraction of sp³-hybridized carbons (Fsp3) is 0.231. The van der Waals surface area contributed by atoms with Gasteiger partial charge in [-0.1, -0.05) is 36.4 Å². The van der Waals surface area contributed by atoms with Crippen LogP contribution in [0.4, 0.5) is 0 Å². The maximum Gasteiger partial charge on any atom is 0.0308 e. The lowest BCUT2D eigenvalue weighted by Gasteiger charge is -2.09. The molecule has 0 spiro atoms. The second-order valence-electron chi connectivity index (χ2n) is 3.02. The van der Waals surface area contributed by atoms with E-state index in [9.17, 15) is 0 Å². The predicted octanol–water partition coefficient (Wildman–Crippen LogP) is 4.30. The molecule has 0 saturated heterocycles. The molecule has 0 nitrogen and oxygen atoms in total. The number of hydrogen-bond acceptors (Lipinski definition) is 1. The molecular weight excluding hydrogens is 188 g/mol. The summed E-state index contributed by atoms with van der Waals surface area (Å²) in [5.74, 6) is 0. The molecule has 74 valence electrons. The van der Waals surface area contributed by atoms with Gasteiger partial charge in [0.1, 0.15) is 0 Å². The summed E-state index contributed by atoms with van der Waals surface area (Å²) >= 11 is 1.88. The van der Waals surface area contributed by atoms with Crippen LogP contribution >= 0.6 is 11.8 Å². The highest BCUT2D eigenvalue weighted by molar-refractivity contribution is 8.00. The van der Waals surface area contributed by atoms with Crippen LogP contribution in [0, 0.1) is 0 Å². The lowest BCUT2D eigenvalue weighted by molar-refractivity contribution is 1.07. The quantitative estimate of drug-likeness (QED) is 0.509. The van der Waals surface area contributed by atoms with E-state index in [1.807, 2.05) is 23.9 Å². The van der Waals surface area contributed by atoms with Crippen molar-refractivity contribution in [3.8, 4) is 0 Å². The van der Waals surface area contributed by atoms with Crippen molar-refractivity contribution in [1.29, 1.82) is 0 Å². The molecule has 1 aromatic carbocycles. The van der Waals surface area contributed by atoms with Gasteiger partial charge in [0.25, 0.3) is 0 Å². The Labute approximate surface area is 90.7 Å². The third-order valence-electron chi connectivity index (χ3n) is 1.84. The zero-order valence-electron chi connectivity index (χ0n) is 8.52. The number of benzene rings is 1. The topological polar surface area (TPSA) is 0 Å². The molecule has 1 rings (SSSR count). The Balaban J connectivity index is 2.59. The van der Waals surface area contributed by atoms with Crippen LogP contribution in [0.2, 0.25) is 0 Å². The van der Waals surface area contributed by atoms with E-state index in [0.29, 0.717) is 5.25 Å². The Kier molecular flexibility index (Phi) is 5.16. The van der Waals surface area contributed by atoms with Crippen molar-refractivity contribution in [1.82, 2.24) is 0 Å². The van der Waals surface area contributed by atoms with Crippen LogP contribution in [0.25, 0.3) is 0 Å². The van der Waals surface area contributed by atoms with Crippen molar-refractivity contribution in [3.63, 3.8) is 0 Å². The molecule has 0 aliphatic carbocycles. The minimum atomic E-state index is 0.514. The Hall–Kier alpha value is -0.950. The van der Waals surface area contributed by atoms with Gasteiger partial charge in [0.15, 0.2) is 0 Å². The lowest BCUT2D eigenvalue weighted by atomic mass is 10.3. The van der Waals surface area contributed by atoms with Crippen LogP contribution in [0.3, 0.4) is 0 Å². The van der Waals surface area contributed by atoms with E-state index in [4.69, 9.17) is 0 Å². The molecule has 0 heterocycles. The van der Waals surface area contributed by atoms with Crippen molar-refractivity contribution in [2.45, 2.75) is 23.5 Å². The van der Waals surface area contributed by atoms with E-state index in [1.165, 1.54) is 4.90 Å². The SMILES string of the molecule is C=CCC(/C=C/C)Sc1ccccc1. The third-order valence-corrected chi connectivity index (χ3v) is 3.03. The number of hydrogen-bond donors (Lipinski definition) is 0. The molecule has 14 heavy (non-hydrogen) atoms. The standard InChI is InChI=1S/C13H16S/c1-3-8-12(9-4-2)14-13-10-6-5-7-11-13/h3-7,9-12H,1,8H2,2H3/b9-4+. The summed E-state index contributed by atoms with van der Waals surface area (Å²) in [4.78, 5) is 1.32. The monoisotopic (exact) mass is 204 g/mol. The van der Waals surface area contributed by atoms with Crippen molar-refractivity contribution in [3.05, 3.63) is 55.1 Å². The molecule has 0 radical (unpaired) electrons. The lowest BCUT2D eigenvalue weighted by Crippen LogP contribution is -1.95. The van der Waals surface area contributed by atoms with E-state index in [0.717, 1.165) is 6.42 Å². The van der Waals surface area contributed by atoms with Gasteiger partial charge >= 0.3 is 0 Å².